The monoisotopic (exact) mass is 152 g/mol. The summed E-state index contributed by atoms with van der Waals surface area (Å²) in [6.07, 6.45) is 0.250. The summed E-state index contributed by atoms with van der Waals surface area (Å²) in [5, 5.41) is 8.81. The van der Waals surface area contributed by atoms with Crippen molar-refractivity contribution in [3.63, 3.8) is 0 Å². The molecular formula is C8H8O3. The predicted molar refractivity (Wildman–Crippen MR) is 37.9 cm³/mol. The molecule has 3 nitrogen and oxygen atoms in total. The van der Waals surface area contributed by atoms with E-state index in [1.807, 2.05) is 19.1 Å². The van der Waals surface area contributed by atoms with E-state index in [1.54, 1.807) is 12.1 Å². The van der Waals surface area contributed by atoms with Crippen molar-refractivity contribution < 1.29 is 14.7 Å². The van der Waals surface area contributed by atoms with Gasteiger partial charge >= 0.3 is 6.15 Å². The van der Waals surface area contributed by atoms with Crippen LogP contribution in [-0.2, 0) is 9.59 Å². The largest absolute Gasteiger partial charge is 0.508 e. The minimum atomic E-state index is 0.250. The fourth-order valence-corrected chi connectivity index (χ4v) is 0.628. The maximum Gasteiger partial charge on any atom is 0.373 e. The molecule has 0 unspecified atom stereocenters. The summed E-state index contributed by atoms with van der Waals surface area (Å²) in [4.78, 5) is 16.2. The van der Waals surface area contributed by atoms with Crippen LogP contribution in [0.5, 0.6) is 5.75 Å². The van der Waals surface area contributed by atoms with Crippen molar-refractivity contribution in [2.45, 2.75) is 6.92 Å². The van der Waals surface area contributed by atoms with Gasteiger partial charge in [0.1, 0.15) is 5.75 Å². The number of phenolic OH excluding ortho intramolecular Hbond substituents is 1. The van der Waals surface area contributed by atoms with E-state index >= 15 is 0 Å². The zero-order chi connectivity index (χ0) is 8.69. The SMILES string of the molecule is Cc1cccc(O)c1.O=C=O. The Balaban J connectivity index is 0.000000292. The summed E-state index contributed by atoms with van der Waals surface area (Å²) < 4.78 is 0. The molecular weight excluding hydrogens is 144 g/mol. The summed E-state index contributed by atoms with van der Waals surface area (Å²) in [6.45, 7) is 1.94. The molecule has 0 saturated carbocycles. The highest BCUT2D eigenvalue weighted by Gasteiger charge is 1.83. The Morgan fingerprint density at radius 3 is 2.18 bits per heavy atom. The van der Waals surface area contributed by atoms with Gasteiger partial charge in [0, 0.05) is 0 Å². The van der Waals surface area contributed by atoms with Crippen LogP contribution in [0.3, 0.4) is 0 Å². The lowest BCUT2D eigenvalue weighted by Crippen LogP contribution is -1.66. The van der Waals surface area contributed by atoms with E-state index in [-0.39, 0.29) is 6.15 Å². The van der Waals surface area contributed by atoms with E-state index < -0.39 is 0 Å². The number of hydrogen-bond donors (Lipinski definition) is 1. The van der Waals surface area contributed by atoms with Gasteiger partial charge in [-0.05, 0) is 24.6 Å². The molecule has 0 bridgehead atoms. The zero-order valence-corrected chi connectivity index (χ0v) is 6.07. The van der Waals surface area contributed by atoms with Gasteiger partial charge in [-0.15, -0.1) is 0 Å². The van der Waals surface area contributed by atoms with Crippen LogP contribution < -0.4 is 0 Å². The molecule has 0 heterocycles. The van der Waals surface area contributed by atoms with E-state index in [1.165, 1.54) is 0 Å². The molecule has 58 valence electrons. The molecule has 0 saturated heterocycles. The van der Waals surface area contributed by atoms with Gasteiger partial charge in [0.05, 0.1) is 0 Å². The van der Waals surface area contributed by atoms with Gasteiger partial charge < -0.3 is 5.11 Å². The standard InChI is InChI=1S/C7H8O.CO2/c1-6-3-2-4-7(8)5-6;2-1-3/h2-5,8H,1H3;. The molecule has 3 heteroatoms. The summed E-state index contributed by atoms with van der Waals surface area (Å²) in [5.41, 5.74) is 1.09. The van der Waals surface area contributed by atoms with Crippen molar-refractivity contribution in [2.24, 2.45) is 0 Å². The number of hydrogen-bond acceptors (Lipinski definition) is 3. The Labute approximate surface area is 64.3 Å². The van der Waals surface area contributed by atoms with Crippen molar-refractivity contribution in [3.8, 4) is 5.75 Å². The number of phenols is 1. The maximum atomic E-state index is 8.81. The highest BCUT2D eigenvalue weighted by Crippen LogP contribution is 2.08. The molecule has 0 atom stereocenters. The highest BCUT2D eigenvalue weighted by molar-refractivity contribution is 5.25. The quantitative estimate of drug-likeness (QED) is 0.606. The lowest BCUT2D eigenvalue weighted by atomic mass is 10.2. The van der Waals surface area contributed by atoms with Gasteiger partial charge in [-0.2, -0.15) is 9.59 Å². The Hall–Kier alpha value is -1.60. The highest BCUT2D eigenvalue weighted by atomic mass is 16.3. The fraction of sp³-hybridized carbons (Fsp3) is 0.125. The molecule has 0 spiro atoms. The molecule has 0 radical (unpaired) electrons. The summed E-state index contributed by atoms with van der Waals surface area (Å²) in [6, 6.07) is 7.15. The normalized spacial score (nSPS) is 7.36. The average Bonchev–Trinajstić information content (AvgIpc) is 1.88. The topological polar surface area (TPSA) is 54.4 Å². The van der Waals surface area contributed by atoms with Gasteiger partial charge in [0.15, 0.2) is 0 Å². The van der Waals surface area contributed by atoms with Crippen molar-refractivity contribution in [1.82, 2.24) is 0 Å². The van der Waals surface area contributed by atoms with Gasteiger partial charge in [0.25, 0.3) is 0 Å². The zero-order valence-electron chi connectivity index (χ0n) is 6.07. The number of aromatic hydroxyl groups is 1. The van der Waals surface area contributed by atoms with Crippen LogP contribution in [0, 0.1) is 6.92 Å². The van der Waals surface area contributed by atoms with E-state index in [4.69, 9.17) is 14.7 Å². The van der Waals surface area contributed by atoms with Crippen LogP contribution in [0.25, 0.3) is 0 Å². The number of carbonyl (C=O) groups excluding carboxylic acids is 2. The predicted octanol–water partition coefficient (Wildman–Crippen LogP) is 1.12. The molecule has 0 aliphatic heterocycles. The van der Waals surface area contributed by atoms with Crippen LogP contribution in [0.2, 0.25) is 0 Å². The third-order valence-electron chi connectivity index (χ3n) is 1.00. The Morgan fingerprint density at radius 2 is 1.91 bits per heavy atom. The van der Waals surface area contributed by atoms with Crippen LogP contribution in [-0.4, -0.2) is 11.3 Å². The second-order valence-corrected chi connectivity index (χ2v) is 1.92. The first kappa shape index (κ1) is 9.40. The molecule has 1 N–H and O–H groups in total. The molecule has 0 aliphatic rings. The van der Waals surface area contributed by atoms with Gasteiger partial charge in [0.2, 0.25) is 0 Å². The molecule has 1 aromatic rings. The van der Waals surface area contributed by atoms with Crippen LogP contribution in [0.4, 0.5) is 0 Å². The Kier molecular flexibility index (Phi) is 4.45. The van der Waals surface area contributed by atoms with Gasteiger partial charge in [-0.1, -0.05) is 12.1 Å². The smallest absolute Gasteiger partial charge is 0.373 e. The first-order valence-electron chi connectivity index (χ1n) is 2.95. The molecule has 11 heavy (non-hydrogen) atoms. The van der Waals surface area contributed by atoms with Crippen LogP contribution in [0.1, 0.15) is 5.56 Å². The van der Waals surface area contributed by atoms with Crippen molar-refractivity contribution >= 4 is 6.15 Å². The number of rotatable bonds is 0. The third kappa shape index (κ3) is 4.88. The lowest BCUT2D eigenvalue weighted by molar-refractivity contribution is -0.191. The van der Waals surface area contributed by atoms with Crippen molar-refractivity contribution in [3.05, 3.63) is 29.8 Å². The molecule has 0 aromatic heterocycles. The Morgan fingerprint density at radius 1 is 1.36 bits per heavy atom. The Bertz CT molecular complexity index is 232. The van der Waals surface area contributed by atoms with E-state index in [0.29, 0.717) is 5.75 Å². The summed E-state index contributed by atoms with van der Waals surface area (Å²) in [7, 11) is 0. The molecule has 1 rings (SSSR count). The summed E-state index contributed by atoms with van der Waals surface area (Å²) in [5.74, 6) is 0.338. The van der Waals surface area contributed by atoms with Crippen LogP contribution >= 0.6 is 0 Å². The summed E-state index contributed by atoms with van der Waals surface area (Å²) >= 11 is 0. The third-order valence-corrected chi connectivity index (χ3v) is 1.00. The second-order valence-electron chi connectivity index (χ2n) is 1.92. The molecule has 0 aliphatic carbocycles. The minimum Gasteiger partial charge on any atom is -0.508 e. The maximum absolute atomic E-state index is 8.81. The lowest BCUT2D eigenvalue weighted by Gasteiger charge is -1.89. The molecule has 0 fully saturated rings. The van der Waals surface area contributed by atoms with Crippen molar-refractivity contribution in [1.29, 1.82) is 0 Å². The first-order chi connectivity index (χ1) is 5.20. The van der Waals surface area contributed by atoms with Gasteiger partial charge in [-0.3, -0.25) is 0 Å². The fourth-order valence-electron chi connectivity index (χ4n) is 0.628. The van der Waals surface area contributed by atoms with E-state index in [0.717, 1.165) is 5.56 Å². The molecule has 0 amide bonds. The average molecular weight is 152 g/mol. The molecule has 1 aromatic carbocycles. The second kappa shape index (κ2) is 5.21. The first-order valence-corrected chi connectivity index (χ1v) is 2.95. The van der Waals surface area contributed by atoms with E-state index in [2.05, 4.69) is 0 Å². The number of benzene rings is 1. The van der Waals surface area contributed by atoms with E-state index in [9.17, 15) is 0 Å². The minimum absolute atomic E-state index is 0.250. The van der Waals surface area contributed by atoms with Gasteiger partial charge in [-0.25, -0.2) is 0 Å². The van der Waals surface area contributed by atoms with Crippen LogP contribution in [0.15, 0.2) is 24.3 Å². The number of aryl methyl sites for hydroxylation is 1. The van der Waals surface area contributed by atoms with Crippen molar-refractivity contribution in [2.75, 3.05) is 0 Å².